The number of hydrogen-bond acceptors (Lipinski definition) is 11. The van der Waals surface area contributed by atoms with E-state index in [-0.39, 0.29) is 41.1 Å². The number of aromatic hydroxyl groups is 1. The van der Waals surface area contributed by atoms with E-state index < -0.39 is 48.1 Å². The number of sulfonamides is 2. The minimum atomic E-state index is -4.51. The zero-order valence-corrected chi connectivity index (χ0v) is 24.4. The number of carbonyl (C=O) groups is 1. The van der Waals surface area contributed by atoms with Crippen molar-refractivity contribution in [2.75, 3.05) is 25.0 Å². The molecule has 0 bridgehead atoms. The summed E-state index contributed by atoms with van der Waals surface area (Å²) in [5.74, 6) is -1.48. The monoisotopic (exact) mass is 588 g/mol. The Labute approximate surface area is 226 Å². The van der Waals surface area contributed by atoms with Crippen molar-refractivity contribution in [2.24, 2.45) is 9.81 Å². The highest BCUT2D eigenvalue weighted by Gasteiger charge is 2.42. The van der Waals surface area contributed by atoms with Gasteiger partial charge in [-0.1, -0.05) is 34.6 Å². The summed E-state index contributed by atoms with van der Waals surface area (Å²) < 4.78 is 67.2. The second-order valence-electron chi connectivity index (χ2n) is 9.30. The molecule has 0 radical (unpaired) electrons. The largest absolute Gasteiger partial charge is 0.504 e. The summed E-state index contributed by atoms with van der Waals surface area (Å²) >= 11 is 0.757. The second kappa shape index (κ2) is 11.1. The van der Waals surface area contributed by atoms with E-state index in [1.807, 2.05) is 20.8 Å². The van der Waals surface area contributed by atoms with E-state index in [1.54, 1.807) is 26.0 Å². The minimum Gasteiger partial charge on any atom is -0.504 e. The summed E-state index contributed by atoms with van der Waals surface area (Å²) in [4.78, 5) is 12.0. The lowest BCUT2D eigenvalue weighted by molar-refractivity contribution is -0.137. The van der Waals surface area contributed by atoms with E-state index in [0.717, 1.165) is 11.3 Å². The molecule has 12 nitrogen and oxygen atoms in total. The maximum absolute atomic E-state index is 13.0. The van der Waals surface area contributed by atoms with E-state index in [2.05, 4.69) is 15.0 Å². The number of furan rings is 1. The maximum Gasteiger partial charge on any atom is 0.354 e. The Morgan fingerprint density at radius 1 is 1.26 bits per heavy atom. The van der Waals surface area contributed by atoms with Crippen molar-refractivity contribution < 1.29 is 35.9 Å². The van der Waals surface area contributed by atoms with Crippen molar-refractivity contribution >= 4 is 48.9 Å². The van der Waals surface area contributed by atoms with Crippen LogP contribution in [-0.4, -0.2) is 57.7 Å². The Morgan fingerprint density at radius 3 is 2.45 bits per heavy atom. The number of hydrogen-bond donors (Lipinski definition) is 3. The van der Waals surface area contributed by atoms with Crippen LogP contribution >= 0.6 is 11.3 Å². The molecule has 1 atom stereocenters. The third-order valence-electron chi connectivity index (χ3n) is 5.64. The zero-order valence-electron chi connectivity index (χ0n) is 21.9. The maximum atomic E-state index is 13.0. The van der Waals surface area contributed by atoms with Gasteiger partial charge in [0.2, 0.25) is 4.91 Å². The van der Waals surface area contributed by atoms with Gasteiger partial charge >= 0.3 is 5.97 Å². The molecule has 1 aliphatic rings. The summed E-state index contributed by atoms with van der Waals surface area (Å²) in [5.41, 5.74) is -0.907. The predicted molar refractivity (Wildman–Crippen MR) is 144 cm³/mol. The minimum absolute atomic E-state index is 0.0964. The van der Waals surface area contributed by atoms with Crippen molar-refractivity contribution in [3.63, 3.8) is 0 Å². The fourth-order valence-corrected chi connectivity index (χ4v) is 7.78. The van der Waals surface area contributed by atoms with Crippen LogP contribution in [0.5, 0.6) is 5.75 Å². The van der Waals surface area contributed by atoms with E-state index in [1.165, 1.54) is 22.9 Å². The molecule has 0 unspecified atom stereocenters. The van der Waals surface area contributed by atoms with Crippen molar-refractivity contribution in [3.8, 4) is 5.75 Å². The summed E-state index contributed by atoms with van der Waals surface area (Å²) in [5, 5.41) is 17.9. The molecule has 3 rings (SSSR count). The smallest absolute Gasteiger partial charge is 0.354 e. The van der Waals surface area contributed by atoms with Crippen LogP contribution in [0.1, 0.15) is 53.3 Å². The van der Waals surface area contributed by atoms with Crippen LogP contribution in [0, 0.1) is 5.41 Å². The lowest BCUT2D eigenvalue weighted by Crippen LogP contribution is -2.38. The Balaban J connectivity index is 2.13. The number of anilines is 1. The molecule has 3 heterocycles. The van der Waals surface area contributed by atoms with E-state index >= 15 is 0 Å². The Bertz CT molecular complexity index is 1450. The number of nitrogens with one attached hydrogen (secondary N) is 2. The molecule has 210 valence electrons. The quantitative estimate of drug-likeness (QED) is 0.350. The van der Waals surface area contributed by atoms with Gasteiger partial charge in [0.05, 0.1) is 24.6 Å². The van der Waals surface area contributed by atoms with Gasteiger partial charge in [0.1, 0.15) is 11.5 Å². The van der Waals surface area contributed by atoms with Crippen molar-refractivity contribution in [3.05, 3.63) is 40.1 Å². The average Bonchev–Trinajstić information content (AvgIpc) is 3.51. The number of carbonyl (C=O) groups excluding carboxylic acids is 1. The highest BCUT2D eigenvalue weighted by atomic mass is 32.2. The van der Waals surface area contributed by atoms with Crippen LogP contribution in [0.2, 0.25) is 0 Å². The average molecular weight is 589 g/mol. The van der Waals surface area contributed by atoms with Crippen LogP contribution < -0.4 is 10.6 Å². The van der Waals surface area contributed by atoms with Crippen LogP contribution in [0.25, 0.3) is 0 Å². The SMILES string of the molecule is CCOC(=O)C1=C(Nc2csc(S(=O)(=O)N(CC)CC)c2O)C(N[C@@H](c2ccco2)C(C)(C)C)=NS1(=O)=O. The van der Waals surface area contributed by atoms with E-state index in [9.17, 15) is 26.7 Å². The van der Waals surface area contributed by atoms with Crippen molar-refractivity contribution in [1.82, 2.24) is 9.62 Å². The highest BCUT2D eigenvalue weighted by molar-refractivity contribution is 7.95. The van der Waals surface area contributed by atoms with E-state index in [4.69, 9.17) is 9.15 Å². The van der Waals surface area contributed by atoms with Gasteiger partial charge in [0.25, 0.3) is 20.0 Å². The third kappa shape index (κ3) is 5.75. The standard InChI is InChI=1S/C23H32N4O8S3/c1-7-27(8-2)38(32,33)22-17(28)14(13-36-22)24-16-18(21(29)34-9-3)37(30,31)26-20(16)25-19(23(4,5)6)15-11-10-12-35-15/h10-13,19,24,28H,7-9H2,1-6H3,(H,25,26)/t19-/m0/s1. The second-order valence-corrected chi connectivity index (χ2v) is 13.9. The summed E-state index contributed by atoms with van der Waals surface area (Å²) in [7, 11) is -8.52. The van der Waals surface area contributed by atoms with E-state index in [0.29, 0.717) is 5.76 Å². The van der Waals surface area contributed by atoms with Crippen LogP contribution in [0.4, 0.5) is 5.69 Å². The molecule has 1 aliphatic heterocycles. The summed E-state index contributed by atoms with van der Waals surface area (Å²) in [6.45, 7) is 10.8. The number of nitrogens with zero attached hydrogens (tertiary/aromatic N) is 2. The van der Waals surface area contributed by atoms with Crippen LogP contribution in [0.15, 0.2) is 47.4 Å². The van der Waals surface area contributed by atoms with Crippen molar-refractivity contribution in [1.29, 1.82) is 0 Å². The molecule has 2 aromatic heterocycles. The van der Waals surface area contributed by atoms with Gasteiger partial charge in [-0.2, -0.15) is 12.7 Å². The third-order valence-corrected chi connectivity index (χ3v) is 10.5. The molecule has 0 saturated carbocycles. The molecular weight excluding hydrogens is 556 g/mol. The molecular formula is C23H32N4O8S3. The predicted octanol–water partition coefficient (Wildman–Crippen LogP) is 3.38. The van der Waals surface area contributed by atoms with Gasteiger partial charge in [-0.3, -0.25) is 0 Å². The molecule has 0 saturated heterocycles. The lowest BCUT2D eigenvalue weighted by atomic mass is 9.85. The van der Waals surface area contributed by atoms with Gasteiger partial charge in [0, 0.05) is 18.5 Å². The Morgan fingerprint density at radius 2 is 1.92 bits per heavy atom. The normalized spacial score (nSPS) is 16.4. The van der Waals surface area contributed by atoms with Gasteiger partial charge in [-0.25, -0.2) is 13.2 Å². The van der Waals surface area contributed by atoms with Crippen molar-refractivity contribution in [2.45, 2.75) is 51.8 Å². The van der Waals surface area contributed by atoms with Crippen LogP contribution in [0.3, 0.4) is 0 Å². The highest BCUT2D eigenvalue weighted by Crippen LogP contribution is 2.41. The van der Waals surface area contributed by atoms with Crippen LogP contribution in [-0.2, 0) is 29.6 Å². The Kier molecular flexibility index (Phi) is 8.65. The molecule has 0 fully saturated rings. The first kappa shape index (κ1) is 29.7. The number of amidine groups is 1. The Hall–Kier alpha value is -2.88. The van der Waals surface area contributed by atoms with Gasteiger partial charge < -0.3 is 24.9 Å². The molecule has 15 heteroatoms. The fourth-order valence-electron chi connectivity index (χ4n) is 3.79. The molecule has 3 N–H and O–H groups in total. The number of ether oxygens (including phenoxy) is 1. The molecule has 0 spiro atoms. The first-order valence-electron chi connectivity index (χ1n) is 11.8. The lowest BCUT2D eigenvalue weighted by Gasteiger charge is -2.31. The molecule has 0 aromatic carbocycles. The molecule has 2 aromatic rings. The molecule has 38 heavy (non-hydrogen) atoms. The van der Waals surface area contributed by atoms with Gasteiger partial charge in [-0.05, 0) is 24.5 Å². The summed E-state index contributed by atoms with van der Waals surface area (Å²) in [6.07, 6.45) is 1.48. The molecule has 0 aliphatic carbocycles. The first-order valence-corrected chi connectivity index (χ1v) is 15.6. The number of rotatable bonds is 10. The first-order chi connectivity index (χ1) is 17.7. The molecule has 0 amide bonds. The fraction of sp³-hybridized carbons (Fsp3) is 0.478. The summed E-state index contributed by atoms with van der Waals surface area (Å²) in [6, 6.07) is 2.81. The van der Waals surface area contributed by atoms with Gasteiger partial charge in [0.15, 0.2) is 15.8 Å². The topological polar surface area (TPSA) is 168 Å². The number of esters is 1. The number of thiophene rings is 1. The van der Waals surface area contributed by atoms with Gasteiger partial charge in [-0.15, -0.1) is 15.7 Å². The zero-order chi connectivity index (χ0) is 28.5.